The van der Waals surface area contributed by atoms with Gasteiger partial charge in [0.15, 0.2) is 11.5 Å². The van der Waals surface area contributed by atoms with Crippen LogP contribution in [-0.4, -0.2) is 5.11 Å². The van der Waals surface area contributed by atoms with E-state index in [1.807, 2.05) is 48.5 Å². The molecule has 3 aromatic carbocycles. The van der Waals surface area contributed by atoms with E-state index in [0.717, 1.165) is 5.56 Å². The molecule has 5 aromatic rings. The van der Waals surface area contributed by atoms with Crippen LogP contribution in [0, 0.1) is 0 Å². The van der Waals surface area contributed by atoms with Gasteiger partial charge in [-0.3, -0.25) is 4.79 Å². The molecule has 4 nitrogen and oxygen atoms in total. The molecule has 0 spiro atoms. The first-order chi connectivity index (χ1) is 13.2. The van der Waals surface area contributed by atoms with Gasteiger partial charge in [0.2, 0.25) is 5.43 Å². The Bertz CT molecular complexity index is 1340. The van der Waals surface area contributed by atoms with Crippen LogP contribution in [0.2, 0.25) is 0 Å². The molecule has 2 aromatic heterocycles. The molecule has 0 amide bonds. The smallest absolute Gasteiger partial charge is 0.204 e. The fourth-order valence-electron chi connectivity index (χ4n) is 3.34. The van der Waals surface area contributed by atoms with Crippen LogP contribution in [0.5, 0.6) is 5.75 Å². The lowest BCUT2D eigenvalue weighted by Gasteiger charge is -2.09. The molecule has 2 heterocycles. The maximum atomic E-state index is 13.3. The van der Waals surface area contributed by atoms with Gasteiger partial charge in [-0.2, -0.15) is 0 Å². The van der Waals surface area contributed by atoms with E-state index in [-0.39, 0.29) is 22.5 Å². The predicted octanol–water partition coefficient (Wildman–Crippen LogP) is 5.58. The summed E-state index contributed by atoms with van der Waals surface area (Å²) in [6.45, 7) is 0. The molecule has 0 bridgehead atoms. The van der Waals surface area contributed by atoms with E-state index in [2.05, 4.69) is 0 Å². The van der Waals surface area contributed by atoms with Crippen LogP contribution in [0.3, 0.4) is 0 Å². The fourth-order valence-corrected chi connectivity index (χ4v) is 3.34. The fraction of sp³-hybridized carbons (Fsp3) is 0. The number of fused-ring (bicyclic) bond motifs is 2. The average molecular weight is 354 g/mol. The first-order valence-corrected chi connectivity index (χ1v) is 8.56. The van der Waals surface area contributed by atoms with Crippen molar-refractivity contribution in [2.24, 2.45) is 0 Å². The van der Waals surface area contributed by atoms with Gasteiger partial charge < -0.3 is 13.9 Å². The number of hydrogen-bond acceptors (Lipinski definition) is 4. The van der Waals surface area contributed by atoms with Crippen LogP contribution in [0.15, 0.2) is 92.5 Å². The molecular weight excluding hydrogens is 340 g/mol. The minimum absolute atomic E-state index is 0.0645. The molecule has 0 aliphatic rings. The van der Waals surface area contributed by atoms with Gasteiger partial charge in [-0.15, -0.1) is 0 Å². The van der Waals surface area contributed by atoms with Gasteiger partial charge in [0.25, 0.3) is 0 Å². The number of rotatable bonds is 2. The third-order valence-corrected chi connectivity index (χ3v) is 4.63. The maximum Gasteiger partial charge on any atom is 0.204 e. The third-order valence-electron chi connectivity index (χ3n) is 4.63. The second-order valence-electron chi connectivity index (χ2n) is 6.27. The number of benzene rings is 3. The molecule has 0 aliphatic carbocycles. The summed E-state index contributed by atoms with van der Waals surface area (Å²) < 4.78 is 12.0. The summed E-state index contributed by atoms with van der Waals surface area (Å²) in [5.74, 6) is 0.425. The van der Waals surface area contributed by atoms with Crippen molar-refractivity contribution in [1.82, 2.24) is 0 Å². The van der Waals surface area contributed by atoms with E-state index in [4.69, 9.17) is 8.83 Å². The molecule has 0 unspecified atom stereocenters. The zero-order valence-electron chi connectivity index (χ0n) is 14.2. The molecule has 4 heteroatoms. The molecule has 0 fully saturated rings. The summed E-state index contributed by atoms with van der Waals surface area (Å²) in [5.41, 5.74) is 1.70. The normalized spacial score (nSPS) is 11.3. The van der Waals surface area contributed by atoms with Gasteiger partial charge in [-0.25, -0.2) is 0 Å². The summed E-state index contributed by atoms with van der Waals surface area (Å²) in [6.07, 6.45) is 0. The lowest BCUT2D eigenvalue weighted by molar-refractivity contribution is 0.469. The molecule has 0 saturated carbocycles. The summed E-state index contributed by atoms with van der Waals surface area (Å²) in [6, 6.07) is 23.5. The Labute approximate surface area is 153 Å². The Balaban J connectivity index is 1.94. The Morgan fingerprint density at radius 1 is 0.630 bits per heavy atom. The number of hydrogen-bond donors (Lipinski definition) is 1. The van der Waals surface area contributed by atoms with Gasteiger partial charge >= 0.3 is 0 Å². The van der Waals surface area contributed by atoms with E-state index in [0.29, 0.717) is 27.7 Å². The summed E-state index contributed by atoms with van der Waals surface area (Å²) >= 11 is 0. The highest BCUT2D eigenvalue weighted by Gasteiger charge is 2.24. The lowest BCUT2D eigenvalue weighted by Crippen LogP contribution is -2.07. The van der Waals surface area contributed by atoms with Crippen molar-refractivity contribution in [2.75, 3.05) is 0 Å². The van der Waals surface area contributed by atoms with Gasteiger partial charge in [0.1, 0.15) is 22.5 Å². The number of para-hydroxylation sites is 2. The summed E-state index contributed by atoms with van der Waals surface area (Å²) in [5, 5.41) is 11.7. The monoisotopic (exact) mass is 354 g/mol. The molecule has 1 N–H and O–H groups in total. The summed E-state index contributed by atoms with van der Waals surface area (Å²) in [4.78, 5) is 13.3. The minimum Gasteiger partial charge on any atom is -0.504 e. The molecule has 0 radical (unpaired) electrons. The molecular formula is C23H14O4. The van der Waals surface area contributed by atoms with Crippen LogP contribution in [0.1, 0.15) is 0 Å². The molecule has 0 saturated heterocycles. The van der Waals surface area contributed by atoms with E-state index < -0.39 is 0 Å². The second kappa shape index (κ2) is 5.88. The van der Waals surface area contributed by atoms with Gasteiger partial charge in [-0.1, -0.05) is 54.6 Å². The van der Waals surface area contributed by atoms with Crippen molar-refractivity contribution >= 4 is 21.9 Å². The van der Waals surface area contributed by atoms with Crippen LogP contribution in [0.25, 0.3) is 44.6 Å². The highest BCUT2D eigenvalue weighted by molar-refractivity contribution is 5.96. The Morgan fingerprint density at radius 2 is 1.19 bits per heavy atom. The molecule has 5 rings (SSSR count). The van der Waals surface area contributed by atoms with Crippen molar-refractivity contribution in [3.8, 4) is 28.4 Å². The van der Waals surface area contributed by atoms with Crippen molar-refractivity contribution in [2.45, 2.75) is 0 Å². The van der Waals surface area contributed by atoms with Crippen molar-refractivity contribution in [3.63, 3.8) is 0 Å². The first kappa shape index (κ1) is 15.5. The Morgan fingerprint density at radius 3 is 1.89 bits per heavy atom. The highest BCUT2D eigenvalue weighted by atomic mass is 16.4. The quantitative estimate of drug-likeness (QED) is 0.449. The topological polar surface area (TPSA) is 63.6 Å². The van der Waals surface area contributed by atoms with E-state index >= 15 is 0 Å². The highest BCUT2D eigenvalue weighted by Crippen LogP contribution is 2.42. The van der Waals surface area contributed by atoms with Crippen molar-refractivity contribution < 1.29 is 13.9 Å². The zero-order chi connectivity index (χ0) is 18.4. The molecule has 27 heavy (non-hydrogen) atoms. The van der Waals surface area contributed by atoms with Gasteiger partial charge in [0.05, 0.1) is 10.8 Å². The third kappa shape index (κ3) is 2.34. The van der Waals surface area contributed by atoms with Crippen LogP contribution in [0.4, 0.5) is 0 Å². The van der Waals surface area contributed by atoms with Crippen molar-refractivity contribution in [1.29, 1.82) is 0 Å². The van der Waals surface area contributed by atoms with E-state index in [1.54, 1.807) is 30.3 Å². The zero-order valence-corrected chi connectivity index (χ0v) is 14.2. The maximum absolute atomic E-state index is 13.3. The van der Waals surface area contributed by atoms with E-state index in [1.165, 1.54) is 0 Å². The molecule has 0 aliphatic heterocycles. The number of furan rings is 1. The standard InChI is InChI=1S/C23H14O4/c24-20-15-10-4-6-12-17(15)26-22(14-8-2-1-3-9-14)19(20)23-21(25)16-11-5-7-13-18(16)27-23/h1-13,25H. The van der Waals surface area contributed by atoms with Crippen LogP contribution < -0.4 is 5.43 Å². The minimum atomic E-state index is -0.245. The van der Waals surface area contributed by atoms with Crippen LogP contribution in [-0.2, 0) is 0 Å². The van der Waals surface area contributed by atoms with Crippen LogP contribution >= 0.6 is 0 Å². The lowest BCUT2D eigenvalue weighted by atomic mass is 10.0. The first-order valence-electron chi connectivity index (χ1n) is 8.56. The summed E-state index contributed by atoms with van der Waals surface area (Å²) in [7, 11) is 0. The van der Waals surface area contributed by atoms with Crippen molar-refractivity contribution in [3.05, 3.63) is 89.1 Å². The number of aromatic hydroxyl groups is 1. The van der Waals surface area contributed by atoms with E-state index in [9.17, 15) is 9.90 Å². The predicted molar refractivity (Wildman–Crippen MR) is 105 cm³/mol. The molecule has 0 atom stereocenters. The average Bonchev–Trinajstić information content (AvgIpc) is 3.05. The SMILES string of the molecule is O=c1c(-c2oc3ccccc3c2O)c(-c2ccccc2)oc2ccccc12. The molecule has 130 valence electrons. The Kier molecular flexibility index (Phi) is 3.37. The van der Waals surface area contributed by atoms with Gasteiger partial charge in [-0.05, 0) is 24.3 Å². The van der Waals surface area contributed by atoms with Gasteiger partial charge in [0, 0.05) is 5.56 Å². The second-order valence-corrected chi connectivity index (χ2v) is 6.27. The Hall–Kier alpha value is -3.79. The largest absolute Gasteiger partial charge is 0.504 e.